The van der Waals surface area contributed by atoms with E-state index in [9.17, 15) is 26.4 Å². The van der Waals surface area contributed by atoms with Gasteiger partial charge >= 0.3 is 6.18 Å². The van der Waals surface area contributed by atoms with Gasteiger partial charge in [0.25, 0.3) is 5.91 Å². The van der Waals surface area contributed by atoms with Gasteiger partial charge in [-0.15, -0.1) is 0 Å². The Morgan fingerprint density at radius 3 is 2.59 bits per heavy atom. The summed E-state index contributed by atoms with van der Waals surface area (Å²) in [6, 6.07) is 7.31. The Morgan fingerprint density at radius 1 is 1.19 bits per heavy atom. The van der Waals surface area contributed by atoms with Gasteiger partial charge in [0.05, 0.1) is 22.8 Å². The highest BCUT2D eigenvalue weighted by molar-refractivity contribution is 7.91. The van der Waals surface area contributed by atoms with E-state index in [1.807, 2.05) is 0 Å². The van der Waals surface area contributed by atoms with E-state index in [1.54, 1.807) is 6.07 Å². The lowest BCUT2D eigenvalue weighted by molar-refractivity contribution is -0.136. The van der Waals surface area contributed by atoms with Crippen molar-refractivity contribution >= 4 is 27.1 Å². The van der Waals surface area contributed by atoms with Gasteiger partial charge in [0.2, 0.25) is 0 Å². The lowest BCUT2D eigenvalue weighted by atomic mass is 10.1. The number of amides is 1. The molecule has 3 rings (SSSR count). The fraction of sp³-hybridized carbons (Fsp3) is 0.294. The summed E-state index contributed by atoms with van der Waals surface area (Å²) >= 11 is 0. The van der Waals surface area contributed by atoms with Crippen LogP contribution in [0.1, 0.15) is 22.5 Å². The van der Waals surface area contributed by atoms with Gasteiger partial charge in [-0.3, -0.25) is 9.78 Å². The Morgan fingerprint density at radius 2 is 1.93 bits per heavy atom. The Hall–Kier alpha value is -2.62. The zero-order valence-electron chi connectivity index (χ0n) is 14.0. The number of rotatable bonds is 4. The van der Waals surface area contributed by atoms with Crippen molar-refractivity contribution in [1.29, 1.82) is 0 Å². The summed E-state index contributed by atoms with van der Waals surface area (Å²) < 4.78 is 62.1. The Labute approximate surface area is 153 Å². The van der Waals surface area contributed by atoms with E-state index in [2.05, 4.69) is 15.6 Å². The van der Waals surface area contributed by atoms with Crippen LogP contribution in [-0.4, -0.2) is 36.9 Å². The van der Waals surface area contributed by atoms with Gasteiger partial charge in [0.15, 0.2) is 9.84 Å². The summed E-state index contributed by atoms with van der Waals surface area (Å²) in [7, 11) is -3.07. The van der Waals surface area contributed by atoms with Gasteiger partial charge in [0.1, 0.15) is 5.69 Å². The zero-order chi connectivity index (χ0) is 19.7. The smallest absolute Gasteiger partial charge is 0.381 e. The first kappa shape index (κ1) is 19.2. The maximum absolute atomic E-state index is 13.0. The number of carbonyl (C=O) groups excluding carboxylic acids is 1. The lowest BCUT2D eigenvalue weighted by Crippen LogP contribution is -2.21. The van der Waals surface area contributed by atoms with Crippen LogP contribution in [0, 0.1) is 0 Å². The molecule has 2 heterocycles. The maximum Gasteiger partial charge on any atom is 0.418 e. The number of anilines is 2. The standard InChI is InChI=1S/C17H16F3N3O3S/c18-17(19,20)13-3-1-2-4-14(13)23-16(24)15-9-11(5-7-21-15)22-12-6-8-27(25,26)10-12/h1-5,7,9,12H,6,8,10H2,(H,21,22)(H,23,24). The first-order valence-electron chi connectivity index (χ1n) is 8.05. The molecule has 10 heteroatoms. The van der Waals surface area contributed by atoms with Crippen LogP contribution >= 0.6 is 0 Å². The third kappa shape index (κ3) is 4.76. The van der Waals surface area contributed by atoms with Crippen molar-refractivity contribution in [2.75, 3.05) is 22.1 Å². The number of benzene rings is 1. The summed E-state index contributed by atoms with van der Waals surface area (Å²) in [5.41, 5.74) is -0.931. The average Bonchev–Trinajstić information content (AvgIpc) is 2.93. The highest BCUT2D eigenvalue weighted by Crippen LogP contribution is 2.34. The fourth-order valence-corrected chi connectivity index (χ4v) is 4.49. The molecule has 0 aliphatic carbocycles. The van der Waals surface area contributed by atoms with Crippen LogP contribution < -0.4 is 10.6 Å². The Balaban J connectivity index is 1.75. The first-order chi connectivity index (χ1) is 12.6. The molecule has 1 aliphatic heterocycles. The third-order valence-electron chi connectivity index (χ3n) is 4.08. The molecule has 1 aromatic heterocycles. The van der Waals surface area contributed by atoms with Crippen molar-refractivity contribution in [1.82, 2.24) is 4.98 Å². The highest BCUT2D eigenvalue weighted by Gasteiger charge is 2.33. The first-order valence-corrected chi connectivity index (χ1v) is 9.87. The topological polar surface area (TPSA) is 88.2 Å². The number of nitrogens with zero attached hydrogens (tertiary/aromatic N) is 1. The van der Waals surface area contributed by atoms with E-state index in [0.29, 0.717) is 12.1 Å². The normalized spacial score (nSPS) is 18.9. The number of hydrogen-bond acceptors (Lipinski definition) is 5. The van der Waals surface area contributed by atoms with E-state index in [0.717, 1.165) is 12.1 Å². The molecule has 27 heavy (non-hydrogen) atoms. The number of aromatic nitrogens is 1. The molecule has 2 N–H and O–H groups in total. The SMILES string of the molecule is O=C(Nc1ccccc1C(F)(F)F)c1cc(NC2CCS(=O)(=O)C2)ccn1. The number of sulfone groups is 1. The molecule has 1 fully saturated rings. The largest absolute Gasteiger partial charge is 0.418 e. The van der Waals surface area contributed by atoms with Crippen molar-refractivity contribution in [3.63, 3.8) is 0 Å². The number of halogens is 3. The van der Waals surface area contributed by atoms with Crippen molar-refractivity contribution in [2.24, 2.45) is 0 Å². The number of para-hydroxylation sites is 1. The monoisotopic (exact) mass is 399 g/mol. The van der Waals surface area contributed by atoms with Gasteiger partial charge in [0, 0.05) is 17.9 Å². The van der Waals surface area contributed by atoms with Crippen molar-refractivity contribution in [2.45, 2.75) is 18.6 Å². The molecule has 1 atom stereocenters. The predicted molar refractivity (Wildman–Crippen MR) is 94.3 cm³/mol. The molecule has 1 aromatic carbocycles. The fourth-order valence-electron chi connectivity index (χ4n) is 2.81. The quantitative estimate of drug-likeness (QED) is 0.825. The van der Waals surface area contributed by atoms with Crippen LogP contribution in [0.2, 0.25) is 0 Å². The number of nitrogens with one attached hydrogen (secondary N) is 2. The highest BCUT2D eigenvalue weighted by atomic mass is 32.2. The molecule has 0 radical (unpaired) electrons. The molecule has 0 spiro atoms. The molecule has 6 nitrogen and oxygen atoms in total. The molecular formula is C17H16F3N3O3S. The Bertz CT molecular complexity index is 961. The zero-order valence-corrected chi connectivity index (χ0v) is 14.8. The molecular weight excluding hydrogens is 383 g/mol. The van der Waals surface area contributed by atoms with Gasteiger partial charge in [-0.1, -0.05) is 12.1 Å². The molecule has 0 saturated carbocycles. The Kier molecular flexibility index (Phi) is 5.09. The molecule has 2 aromatic rings. The average molecular weight is 399 g/mol. The van der Waals surface area contributed by atoms with Gasteiger partial charge in [-0.05, 0) is 30.7 Å². The summed E-state index contributed by atoms with van der Waals surface area (Å²) in [6.45, 7) is 0. The van der Waals surface area contributed by atoms with Crippen LogP contribution in [0.4, 0.5) is 24.5 Å². The van der Waals surface area contributed by atoms with E-state index in [1.165, 1.54) is 24.4 Å². The maximum atomic E-state index is 13.0. The van der Waals surface area contributed by atoms with E-state index in [-0.39, 0.29) is 28.9 Å². The minimum atomic E-state index is -4.60. The summed E-state index contributed by atoms with van der Waals surface area (Å²) in [4.78, 5) is 16.2. The molecule has 0 bridgehead atoms. The minimum absolute atomic E-state index is 0.00416. The van der Waals surface area contributed by atoms with E-state index in [4.69, 9.17) is 0 Å². The van der Waals surface area contributed by atoms with Crippen LogP contribution in [0.15, 0.2) is 42.6 Å². The van der Waals surface area contributed by atoms with Crippen molar-refractivity contribution < 1.29 is 26.4 Å². The van der Waals surface area contributed by atoms with E-state index >= 15 is 0 Å². The molecule has 144 valence electrons. The molecule has 1 aliphatic rings. The van der Waals surface area contributed by atoms with Crippen LogP contribution in [-0.2, 0) is 16.0 Å². The van der Waals surface area contributed by atoms with Crippen LogP contribution in [0.5, 0.6) is 0 Å². The summed E-state index contributed by atoms with van der Waals surface area (Å²) in [5.74, 6) is -0.706. The lowest BCUT2D eigenvalue weighted by Gasteiger charge is -2.15. The second-order valence-electron chi connectivity index (χ2n) is 6.17. The molecule has 1 saturated heterocycles. The third-order valence-corrected chi connectivity index (χ3v) is 5.84. The number of hydrogen-bond donors (Lipinski definition) is 2. The number of carbonyl (C=O) groups is 1. The van der Waals surface area contributed by atoms with Crippen LogP contribution in [0.25, 0.3) is 0 Å². The van der Waals surface area contributed by atoms with Crippen molar-refractivity contribution in [3.05, 3.63) is 53.9 Å². The van der Waals surface area contributed by atoms with Crippen molar-refractivity contribution in [3.8, 4) is 0 Å². The minimum Gasteiger partial charge on any atom is -0.381 e. The van der Waals surface area contributed by atoms with E-state index < -0.39 is 27.5 Å². The predicted octanol–water partition coefficient (Wildman–Crippen LogP) is 2.95. The molecule has 1 unspecified atom stereocenters. The molecule has 1 amide bonds. The summed E-state index contributed by atoms with van der Waals surface area (Å²) in [6.07, 6.45) is -2.82. The summed E-state index contributed by atoms with van der Waals surface area (Å²) in [5, 5.41) is 5.23. The van der Waals surface area contributed by atoms with Gasteiger partial charge < -0.3 is 10.6 Å². The second kappa shape index (κ2) is 7.18. The number of alkyl halides is 3. The number of pyridine rings is 1. The van der Waals surface area contributed by atoms with Gasteiger partial charge in [-0.25, -0.2) is 8.42 Å². The van der Waals surface area contributed by atoms with Crippen LogP contribution in [0.3, 0.4) is 0 Å². The second-order valence-corrected chi connectivity index (χ2v) is 8.40. The van der Waals surface area contributed by atoms with Gasteiger partial charge in [-0.2, -0.15) is 13.2 Å².